The Hall–Kier alpha value is -4.59. The van der Waals surface area contributed by atoms with Crippen LogP contribution in [0.4, 0.5) is 16.2 Å². The number of hydrogen-bond acceptors (Lipinski definition) is 8. The van der Waals surface area contributed by atoms with Crippen LogP contribution in [0.1, 0.15) is 50.8 Å². The number of nitrogens with zero attached hydrogens (tertiary/aromatic N) is 9. The quantitative estimate of drug-likeness (QED) is 0.343. The van der Waals surface area contributed by atoms with Gasteiger partial charge in [0, 0.05) is 50.3 Å². The largest absolute Gasteiger partial charge is 0.355 e. The van der Waals surface area contributed by atoms with Gasteiger partial charge in [-0.1, -0.05) is 13.0 Å². The van der Waals surface area contributed by atoms with Gasteiger partial charge >= 0.3 is 5.69 Å². The first-order valence-corrected chi connectivity index (χ1v) is 13.5. The summed E-state index contributed by atoms with van der Waals surface area (Å²) in [6.45, 7) is 7.24. The summed E-state index contributed by atoms with van der Waals surface area (Å²) in [5.41, 5.74) is 2.44. The molecule has 0 atom stereocenters. The van der Waals surface area contributed by atoms with Gasteiger partial charge in [-0.05, 0) is 62.4 Å². The van der Waals surface area contributed by atoms with Gasteiger partial charge in [-0.15, -0.1) is 0 Å². The summed E-state index contributed by atoms with van der Waals surface area (Å²) in [5.74, 6) is 0.776. The maximum absolute atomic E-state index is 15.1. The fourth-order valence-electron chi connectivity index (χ4n) is 5.01. The smallest absolute Gasteiger partial charge is 0.350 e. The van der Waals surface area contributed by atoms with Crippen LogP contribution in [0.5, 0.6) is 0 Å². The molecule has 206 valence electrons. The Morgan fingerprint density at radius 2 is 1.82 bits per heavy atom. The summed E-state index contributed by atoms with van der Waals surface area (Å²) in [6.07, 6.45) is 9.39. The average molecular weight is 542 g/mol. The lowest BCUT2D eigenvalue weighted by molar-refractivity contribution is 0.475. The summed E-state index contributed by atoms with van der Waals surface area (Å²) in [6, 6.07) is 8.76. The lowest BCUT2D eigenvalue weighted by Crippen LogP contribution is -2.44. The van der Waals surface area contributed by atoms with Gasteiger partial charge in [-0.2, -0.15) is 10.4 Å². The molecule has 10 nitrogen and oxygen atoms in total. The van der Waals surface area contributed by atoms with Crippen LogP contribution in [0.2, 0.25) is 0 Å². The molecular formula is C29H32FN9O. The first-order valence-electron chi connectivity index (χ1n) is 13.5. The van der Waals surface area contributed by atoms with Gasteiger partial charge in [0.2, 0.25) is 5.95 Å². The van der Waals surface area contributed by atoms with Crippen LogP contribution in [-0.2, 0) is 6.42 Å². The molecule has 1 aliphatic heterocycles. The van der Waals surface area contributed by atoms with E-state index < -0.39 is 11.5 Å². The molecule has 1 saturated heterocycles. The maximum atomic E-state index is 15.1. The third-order valence-electron chi connectivity index (χ3n) is 7.44. The molecule has 0 saturated carbocycles. The van der Waals surface area contributed by atoms with Crippen molar-refractivity contribution in [3.05, 3.63) is 76.6 Å². The molecule has 4 aromatic rings. The average Bonchev–Trinajstić information content (AvgIpc) is 3.37. The van der Waals surface area contributed by atoms with Gasteiger partial charge in [0.05, 0.1) is 17.3 Å². The fraction of sp³-hybridized carbons (Fsp3) is 0.379. The molecule has 0 unspecified atom stereocenters. The van der Waals surface area contributed by atoms with Crippen LogP contribution >= 0.6 is 0 Å². The van der Waals surface area contributed by atoms with E-state index in [-0.39, 0.29) is 17.8 Å². The Morgan fingerprint density at radius 1 is 1.10 bits per heavy atom. The lowest BCUT2D eigenvalue weighted by atomic mass is 10.0. The van der Waals surface area contributed by atoms with Gasteiger partial charge in [-0.3, -0.25) is 0 Å². The third kappa shape index (κ3) is 5.17. The highest BCUT2D eigenvalue weighted by Crippen LogP contribution is 2.29. The van der Waals surface area contributed by atoms with Crippen LogP contribution in [-0.4, -0.2) is 55.5 Å². The maximum Gasteiger partial charge on any atom is 0.350 e. The number of aromatic nitrogens is 6. The normalized spacial score (nSPS) is 14.0. The van der Waals surface area contributed by atoms with Crippen molar-refractivity contribution < 1.29 is 4.39 Å². The molecule has 1 aliphatic rings. The van der Waals surface area contributed by atoms with Gasteiger partial charge in [0.15, 0.2) is 0 Å². The number of hydrogen-bond donors (Lipinski definition) is 0. The second-order valence-corrected chi connectivity index (χ2v) is 10.3. The van der Waals surface area contributed by atoms with Crippen molar-refractivity contribution in [1.29, 1.82) is 5.26 Å². The molecular weight excluding hydrogens is 509 g/mol. The molecule has 5 rings (SSSR count). The summed E-state index contributed by atoms with van der Waals surface area (Å²) in [5, 5.41) is 14.0. The highest BCUT2D eigenvalue weighted by atomic mass is 19.1. The molecule has 0 N–H and O–H groups in total. The topological polar surface area (TPSA) is 109 Å². The van der Waals surface area contributed by atoms with Crippen molar-refractivity contribution >= 4 is 11.8 Å². The minimum atomic E-state index is -0.565. The Labute approximate surface area is 232 Å². The van der Waals surface area contributed by atoms with Crippen LogP contribution in [0.3, 0.4) is 0 Å². The zero-order valence-corrected chi connectivity index (χ0v) is 23.1. The van der Waals surface area contributed by atoms with E-state index in [2.05, 4.69) is 42.8 Å². The highest BCUT2D eigenvalue weighted by molar-refractivity contribution is 5.69. The molecule has 11 heteroatoms. The first-order chi connectivity index (χ1) is 19.3. The number of anilines is 2. The van der Waals surface area contributed by atoms with E-state index in [9.17, 15) is 10.1 Å². The molecule has 0 aliphatic carbocycles. The van der Waals surface area contributed by atoms with Gasteiger partial charge in [0.1, 0.15) is 24.0 Å². The Kier molecular flexibility index (Phi) is 7.60. The second-order valence-electron chi connectivity index (χ2n) is 10.3. The van der Waals surface area contributed by atoms with E-state index in [4.69, 9.17) is 0 Å². The summed E-state index contributed by atoms with van der Waals surface area (Å²) in [4.78, 5) is 30.5. The highest BCUT2D eigenvalue weighted by Gasteiger charge is 2.26. The third-order valence-corrected chi connectivity index (χ3v) is 7.44. The van der Waals surface area contributed by atoms with E-state index in [1.54, 1.807) is 24.4 Å². The second kappa shape index (κ2) is 11.3. The van der Waals surface area contributed by atoms with Crippen molar-refractivity contribution in [3.8, 4) is 22.9 Å². The zero-order chi connectivity index (χ0) is 28.4. The molecule has 0 bridgehead atoms. The number of rotatable bonds is 7. The van der Waals surface area contributed by atoms with E-state index >= 15 is 4.39 Å². The lowest BCUT2D eigenvalue weighted by Gasteiger charge is -2.37. The number of benzene rings is 1. The molecule has 0 radical (unpaired) electrons. The number of nitriles is 1. The van der Waals surface area contributed by atoms with Crippen LogP contribution in [0.15, 0.2) is 54.0 Å². The van der Waals surface area contributed by atoms with Gasteiger partial charge in [-0.25, -0.2) is 33.4 Å². The summed E-state index contributed by atoms with van der Waals surface area (Å²) < 4.78 is 17.6. The molecule has 40 heavy (non-hydrogen) atoms. The molecule has 1 fully saturated rings. The van der Waals surface area contributed by atoms with Gasteiger partial charge < -0.3 is 9.80 Å². The van der Waals surface area contributed by atoms with Crippen molar-refractivity contribution in [3.63, 3.8) is 0 Å². The number of pyridine rings is 1. The van der Waals surface area contributed by atoms with Crippen molar-refractivity contribution in [1.82, 2.24) is 29.3 Å². The molecule has 0 spiro atoms. The first kappa shape index (κ1) is 27.0. The predicted molar refractivity (Wildman–Crippen MR) is 151 cm³/mol. The van der Waals surface area contributed by atoms with Crippen molar-refractivity contribution in [2.75, 3.05) is 29.9 Å². The Bertz CT molecular complexity index is 1600. The molecule has 3 aromatic heterocycles. The Balaban J connectivity index is 1.31. The van der Waals surface area contributed by atoms with E-state index in [1.807, 2.05) is 33.3 Å². The fourth-order valence-corrected chi connectivity index (χ4v) is 5.01. The standard InChI is InChI=1S/C29H32FN9O/c1-5-20-15-33-28(34-16-20)36(4)24-8-10-37(11-9-24)27-22(14-31)12-23(17-32-27)21-6-7-26(25(30)13-21)38-18-35-39(19(2)3)29(38)40/h6-7,12-13,15-19,24H,5,8-11H2,1-4H3. The predicted octanol–water partition coefficient (Wildman–Crippen LogP) is 4.15. The van der Waals surface area contributed by atoms with Crippen molar-refractivity contribution in [2.24, 2.45) is 0 Å². The molecule has 4 heterocycles. The van der Waals surface area contributed by atoms with E-state index in [1.165, 1.54) is 21.6 Å². The minimum absolute atomic E-state index is 0.116. The Morgan fingerprint density at radius 3 is 2.42 bits per heavy atom. The van der Waals surface area contributed by atoms with E-state index in [0.29, 0.717) is 28.5 Å². The summed E-state index contributed by atoms with van der Waals surface area (Å²) in [7, 11) is 2.02. The van der Waals surface area contributed by atoms with Crippen molar-refractivity contribution in [2.45, 2.75) is 52.1 Å². The molecule has 0 amide bonds. The SMILES string of the molecule is CCc1cnc(N(C)C2CCN(c3ncc(-c4ccc(-n5cnn(C(C)C)c5=O)c(F)c4)cc3C#N)CC2)nc1. The van der Waals surface area contributed by atoms with E-state index in [0.717, 1.165) is 37.9 Å². The zero-order valence-electron chi connectivity index (χ0n) is 23.1. The van der Waals surface area contributed by atoms with Crippen LogP contribution in [0.25, 0.3) is 16.8 Å². The number of piperidine rings is 1. The molecule has 1 aromatic carbocycles. The van der Waals surface area contributed by atoms with Crippen LogP contribution in [0, 0.1) is 17.1 Å². The number of halogens is 1. The number of aryl methyl sites for hydroxylation is 1. The van der Waals surface area contributed by atoms with Crippen LogP contribution < -0.4 is 15.5 Å². The van der Waals surface area contributed by atoms with Gasteiger partial charge in [0.25, 0.3) is 0 Å². The minimum Gasteiger partial charge on any atom is -0.355 e. The monoisotopic (exact) mass is 541 g/mol. The summed E-state index contributed by atoms with van der Waals surface area (Å²) >= 11 is 0.